The molecule has 1 saturated heterocycles. The second-order valence-corrected chi connectivity index (χ2v) is 9.05. The van der Waals surface area contributed by atoms with E-state index in [0.29, 0.717) is 17.3 Å². The smallest absolute Gasteiger partial charge is 0.260 e. The third kappa shape index (κ3) is 6.37. The maximum atomic E-state index is 13.2. The van der Waals surface area contributed by atoms with Crippen LogP contribution in [0, 0.1) is 5.82 Å². The number of hydrogen-bond donors (Lipinski definition) is 0. The number of amides is 1. The van der Waals surface area contributed by atoms with Crippen molar-refractivity contribution in [3.8, 4) is 5.75 Å². The third-order valence-corrected chi connectivity index (χ3v) is 6.30. The van der Waals surface area contributed by atoms with Crippen LogP contribution in [-0.2, 0) is 11.3 Å². The molecule has 0 aliphatic carbocycles. The SMILES string of the molecule is CSCC[C@H]1CN(C(=O)COc2ccc(Cl)cc2)[C@H](C)CN1Cc1ccc(F)cc1. The molecule has 1 aliphatic heterocycles. The number of nitrogens with zero attached hydrogens (tertiary/aromatic N) is 2. The minimum absolute atomic E-state index is 0.00645. The lowest BCUT2D eigenvalue weighted by Gasteiger charge is -2.45. The van der Waals surface area contributed by atoms with E-state index in [1.807, 2.05) is 28.8 Å². The molecule has 1 aliphatic rings. The van der Waals surface area contributed by atoms with Crippen LogP contribution in [0.3, 0.4) is 0 Å². The van der Waals surface area contributed by atoms with E-state index in [1.165, 1.54) is 12.1 Å². The summed E-state index contributed by atoms with van der Waals surface area (Å²) in [5.74, 6) is 1.44. The quantitative estimate of drug-likeness (QED) is 0.583. The Morgan fingerprint density at radius 2 is 1.87 bits per heavy atom. The van der Waals surface area contributed by atoms with Gasteiger partial charge in [-0.1, -0.05) is 23.7 Å². The molecule has 0 unspecified atom stereocenters. The second kappa shape index (κ2) is 11.0. The molecule has 2 aromatic rings. The number of benzene rings is 2. The van der Waals surface area contributed by atoms with Gasteiger partial charge in [0.15, 0.2) is 6.61 Å². The highest BCUT2D eigenvalue weighted by atomic mass is 35.5. The lowest BCUT2D eigenvalue weighted by Crippen LogP contribution is -2.59. The zero-order chi connectivity index (χ0) is 21.5. The number of rotatable bonds is 8. The summed E-state index contributed by atoms with van der Waals surface area (Å²) in [5.41, 5.74) is 1.09. The van der Waals surface area contributed by atoms with E-state index >= 15 is 0 Å². The molecule has 0 bridgehead atoms. The highest BCUT2D eigenvalue weighted by Crippen LogP contribution is 2.22. The Morgan fingerprint density at radius 3 is 2.53 bits per heavy atom. The molecule has 0 spiro atoms. The molecule has 30 heavy (non-hydrogen) atoms. The standard InChI is InChI=1S/C23H28ClFN2O2S/c1-17-13-26(14-18-3-7-20(25)8-4-18)21(11-12-30-2)15-27(17)23(28)16-29-22-9-5-19(24)6-10-22/h3-10,17,21H,11-16H2,1-2H3/t17-,21+/m1/s1. The molecule has 0 N–H and O–H groups in total. The lowest BCUT2D eigenvalue weighted by molar-refractivity contribution is -0.139. The van der Waals surface area contributed by atoms with Crippen molar-refractivity contribution >= 4 is 29.3 Å². The molecule has 2 atom stereocenters. The summed E-state index contributed by atoms with van der Waals surface area (Å²) in [6.07, 6.45) is 3.09. The molecular formula is C23H28ClFN2O2S. The predicted molar refractivity (Wildman–Crippen MR) is 122 cm³/mol. The van der Waals surface area contributed by atoms with Crippen LogP contribution < -0.4 is 4.74 Å². The Morgan fingerprint density at radius 1 is 1.17 bits per heavy atom. The van der Waals surface area contributed by atoms with Gasteiger partial charge in [0.2, 0.25) is 0 Å². The van der Waals surface area contributed by atoms with Gasteiger partial charge < -0.3 is 9.64 Å². The predicted octanol–water partition coefficient (Wildman–Crippen LogP) is 4.71. The fourth-order valence-electron chi connectivity index (χ4n) is 3.76. The van der Waals surface area contributed by atoms with Gasteiger partial charge in [-0.15, -0.1) is 0 Å². The van der Waals surface area contributed by atoms with Crippen molar-refractivity contribution < 1.29 is 13.9 Å². The van der Waals surface area contributed by atoms with Crippen LogP contribution in [0.15, 0.2) is 48.5 Å². The summed E-state index contributed by atoms with van der Waals surface area (Å²) in [5, 5.41) is 0.635. The monoisotopic (exact) mass is 450 g/mol. The summed E-state index contributed by atoms with van der Waals surface area (Å²) in [7, 11) is 0. The number of halogens is 2. The van der Waals surface area contributed by atoms with Crippen LogP contribution in [0.2, 0.25) is 5.02 Å². The van der Waals surface area contributed by atoms with Crippen LogP contribution >= 0.6 is 23.4 Å². The maximum absolute atomic E-state index is 13.2. The summed E-state index contributed by atoms with van der Waals surface area (Å²) in [4.78, 5) is 17.2. The molecule has 162 valence electrons. The number of carbonyl (C=O) groups excluding carboxylic acids is 1. The molecule has 1 heterocycles. The maximum Gasteiger partial charge on any atom is 0.260 e. The van der Waals surface area contributed by atoms with Gasteiger partial charge in [-0.2, -0.15) is 11.8 Å². The number of ether oxygens (including phenoxy) is 1. The molecule has 0 saturated carbocycles. The van der Waals surface area contributed by atoms with Gasteiger partial charge in [-0.05, 0) is 67.3 Å². The fraction of sp³-hybridized carbons (Fsp3) is 0.435. The Bertz CT molecular complexity index is 819. The van der Waals surface area contributed by atoms with Crippen LogP contribution in [0.4, 0.5) is 4.39 Å². The van der Waals surface area contributed by atoms with Crippen molar-refractivity contribution in [3.05, 3.63) is 64.9 Å². The molecule has 1 fully saturated rings. The van der Waals surface area contributed by atoms with Gasteiger partial charge in [0.05, 0.1) is 0 Å². The van der Waals surface area contributed by atoms with Gasteiger partial charge in [0, 0.05) is 36.7 Å². The van der Waals surface area contributed by atoms with Gasteiger partial charge >= 0.3 is 0 Å². The first kappa shape index (κ1) is 22.9. The van der Waals surface area contributed by atoms with E-state index in [0.717, 1.165) is 30.8 Å². The van der Waals surface area contributed by atoms with Crippen molar-refractivity contribution in [1.82, 2.24) is 9.80 Å². The first-order chi connectivity index (χ1) is 14.5. The van der Waals surface area contributed by atoms with E-state index in [9.17, 15) is 9.18 Å². The zero-order valence-corrected chi connectivity index (χ0v) is 19.0. The van der Waals surface area contributed by atoms with E-state index in [4.69, 9.17) is 16.3 Å². The number of piperazine rings is 1. The number of thioether (sulfide) groups is 1. The minimum Gasteiger partial charge on any atom is -0.484 e. The second-order valence-electron chi connectivity index (χ2n) is 7.63. The molecule has 1 amide bonds. The molecule has 4 nitrogen and oxygen atoms in total. The van der Waals surface area contributed by atoms with Crippen LogP contribution in [0.5, 0.6) is 5.75 Å². The van der Waals surface area contributed by atoms with Gasteiger partial charge in [-0.25, -0.2) is 4.39 Å². The van der Waals surface area contributed by atoms with E-state index in [1.54, 1.807) is 24.3 Å². The average Bonchev–Trinajstić information content (AvgIpc) is 2.74. The molecule has 3 rings (SSSR count). The fourth-order valence-corrected chi connectivity index (χ4v) is 4.40. The zero-order valence-electron chi connectivity index (χ0n) is 17.4. The van der Waals surface area contributed by atoms with E-state index in [2.05, 4.69) is 18.1 Å². The van der Waals surface area contributed by atoms with Crippen LogP contribution in [0.25, 0.3) is 0 Å². The van der Waals surface area contributed by atoms with Crippen molar-refractivity contribution in [2.45, 2.75) is 32.0 Å². The summed E-state index contributed by atoms with van der Waals surface area (Å²) < 4.78 is 18.9. The number of carbonyl (C=O) groups is 1. The molecular weight excluding hydrogens is 423 g/mol. The highest BCUT2D eigenvalue weighted by molar-refractivity contribution is 7.98. The largest absolute Gasteiger partial charge is 0.484 e. The molecule has 0 aromatic heterocycles. The Kier molecular flexibility index (Phi) is 8.42. The first-order valence-electron chi connectivity index (χ1n) is 10.1. The summed E-state index contributed by atoms with van der Waals surface area (Å²) in [6.45, 7) is 4.30. The van der Waals surface area contributed by atoms with Crippen LogP contribution in [-0.4, -0.2) is 59.5 Å². The molecule has 2 aromatic carbocycles. The third-order valence-electron chi connectivity index (χ3n) is 5.41. The topological polar surface area (TPSA) is 32.8 Å². The van der Waals surface area contributed by atoms with Crippen molar-refractivity contribution in [3.63, 3.8) is 0 Å². The van der Waals surface area contributed by atoms with Gasteiger partial charge in [-0.3, -0.25) is 9.69 Å². The van der Waals surface area contributed by atoms with Crippen LogP contribution in [0.1, 0.15) is 18.9 Å². The minimum atomic E-state index is -0.220. The van der Waals surface area contributed by atoms with E-state index < -0.39 is 0 Å². The van der Waals surface area contributed by atoms with E-state index in [-0.39, 0.29) is 30.4 Å². The molecule has 0 radical (unpaired) electrons. The Labute approximate surface area is 187 Å². The van der Waals surface area contributed by atoms with Crippen molar-refractivity contribution in [1.29, 1.82) is 0 Å². The average molecular weight is 451 g/mol. The highest BCUT2D eigenvalue weighted by Gasteiger charge is 2.34. The normalized spacial score (nSPS) is 19.7. The Balaban J connectivity index is 1.63. The molecule has 7 heteroatoms. The van der Waals surface area contributed by atoms with Gasteiger partial charge in [0.1, 0.15) is 11.6 Å². The van der Waals surface area contributed by atoms with Gasteiger partial charge in [0.25, 0.3) is 5.91 Å². The van der Waals surface area contributed by atoms with Crippen molar-refractivity contribution in [2.24, 2.45) is 0 Å². The summed E-state index contributed by atoms with van der Waals surface area (Å²) >= 11 is 7.71. The first-order valence-corrected chi connectivity index (χ1v) is 11.9. The summed E-state index contributed by atoms with van der Waals surface area (Å²) in [6, 6.07) is 14.0. The lowest BCUT2D eigenvalue weighted by atomic mass is 10.0. The van der Waals surface area contributed by atoms with Crippen molar-refractivity contribution in [2.75, 3.05) is 31.7 Å². The number of hydrogen-bond acceptors (Lipinski definition) is 4. The Hall–Kier alpha value is -1.76.